The maximum Gasteiger partial charge on any atom is 0.251 e. The Bertz CT molecular complexity index is 1150. The van der Waals surface area contributed by atoms with E-state index in [-0.39, 0.29) is 17.0 Å². The maximum atomic E-state index is 12.5. The molecule has 3 rings (SSSR count). The van der Waals surface area contributed by atoms with Crippen molar-refractivity contribution in [2.45, 2.75) is 25.2 Å². The molecule has 0 radical (unpaired) electrons. The van der Waals surface area contributed by atoms with Crippen molar-refractivity contribution in [3.63, 3.8) is 0 Å². The summed E-state index contributed by atoms with van der Waals surface area (Å²) in [6, 6.07) is 12.3. The van der Waals surface area contributed by atoms with Crippen molar-refractivity contribution in [3.8, 4) is 5.75 Å². The average Bonchev–Trinajstić information content (AvgIpc) is 2.62. The Hall–Kier alpha value is -2.64. The highest BCUT2D eigenvalue weighted by Crippen LogP contribution is 2.21. The lowest BCUT2D eigenvalue weighted by Gasteiger charge is -2.10. The quantitative estimate of drug-likeness (QED) is 0.682. The number of hydrogen-bond acceptors (Lipinski definition) is 4. The normalized spacial score (nSPS) is 11.7. The molecule has 1 aromatic heterocycles. The highest BCUT2D eigenvalue weighted by molar-refractivity contribution is 7.89. The van der Waals surface area contributed by atoms with Gasteiger partial charge in [-0.2, -0.15) is 0 Å². The first-order valence-electron chi connectivity index (χ1n) is 8.57. The summed E-state index contributed by atoms with van der Waals surface area (Å²) in [5.74, 6) is 0.631. The zero-order chi connectivity index (χ0) is 19.6. The number of pyridine rings is 1. The van der Waals surface area contributed by atoms with Crippen LogP contribution in [0.25, 0.3) is 10.9 Å². The van der Waals surface area contributed by atoms with E-state index in [2.05, 4.69) is 9.71 Å². The van der Waals surface area contributed by atoms with Crippen molar-refractivity contribution in [2.24, 2.45) is 0 Å². The van der Waals surface area contributed by atoms with Crippen LogP contribution in [0.4, 0.5) is 0 Å². The summed E-state index contributed by atoms with van der Waals surface area (Å²) >= 11 is 0. The Morgan fingerprint density at radius 3 is 2.56 bits per heavy atom. The molecule has 0 atom stereocenters. The van der Waals surface area contributed by atoms with Crippen LogP contribution in [0.5, 0.6) is 5.75 Å². The van der Waals surface area contributed by atoms with Crippen LogP contribution in [-0.2, 0) is 16.4 Å². The molecule has 1 heterocycles. The number of hydrogen-bond donors (Lipinski definition) is 2. The summed E-state index contributed by atoms with van der Waals surface area (Å²) in [5.41, 5.74) is 2.92. The summed E-state index contributed by atoms with van der Waals surface area (Å²) < 4.78 is 32.6. The number of methoxy groups -OCH3 is 1. The van der Waals surface area contributed by atoms with Crippen LogP contribution in [0.3, 0.4) is 0 Å². The molecule has 6 nitrogen and oxygen atoms in total. The molecule has 0 unspecified atom stereocenters. The smallest absolute Gasteiger partial charge is 0.251 e. The predicted molar refractivity (Wildman–Crippen MR) is 106 cm³/mol. The van der Waals surface area contributed by atoms with Gasteiger partial charge in [-0.15, -0.1) is 0 Å². The Labute approximate surface area is 158 Å². The van der Waals surface area contributed by atoms with Gasteiger partial charge >= 0.3 is 0 Å². The third-order valence-electron chi connectivity index (χ3n) is 4.44. The van der Waals surface area contributed by atoms with Crippen molar-refractivity contribution in [3.05, 3.63) is 69.5 Å². The lowest BCUT2D eigenvalue weighted by atomic mass is 10.1. The van der Waals surface area contributed by atoms with Gasteiger partial charge in [0.15, 0.2) is 0 Å². The SMILES string of the molecule is COc1ccc(S(=O)(=O)NCCc2cc3ccc(C)cc3[nH]c2=O)cc1C. The number of rotatable bonds is 6. The number of sulfonamides is 1. The first-order chi connectivity index (χ1) is 12.8. The van der Waals surface area contributed by atoms with Gasteiger partial charge in [-0.1, -0.05) is 12.1 Å². The topological polar surface area (TPSA) is 88.3 Å². The van der Waals surface area contributed by atoms with Gasteiger partial charge in [-0.25, -0.2) is 13.1 Å². The largest absolute Gasteiger partial charge is 0.496 e. The van der Waals surface area contributed by atoms with E-state index in [0.29, 0.717) is 17.7 Å². The van der Waals surface area contributed by atoms with Crippen molar-refractivity contribution in [1.82, 2.24) is 9.71 Å². The van der Waals surface area contributed by atoms with E-state index in [9.17, 15) is 13.2 Å². The Balaban J connectivity index is 1.74. The molecule has 2 N–H and O–H groups in total. The molecule has 2 aromatic carbocycles. The Morgan fingerprint density at radius 1 is 1.07 bits per heavy atom. The Kier molecular flexibility index (Phi) is 5.34. The maximum absolute atomic E-state index is 12.5. The van der Waals surface area contributed by atoms with E-state index in [1.54, 1.807) is 25.1 Å². The van der Waals surface area contributed by atoms with Gasteiger partial charge < -0.3 is 9.72 Å². The van der Waals surface area contributed by atoms with Crippen LogP contribution in [0.1, 0.15) is 16.7 Å². The second-order valence-electron chi connectivity index (χ2n) is 6.49. The minimum absolute atomic E-state index is 0.133. The van der Waals surface area contributed by atoms with E-state index in [0.717, 1.165) is 22.0 Å². The lowest BCUT2D eigenvalue weighted by Crippen LogP contribution is -2.27. The second-order valence-corrected chi connectivity index (χ2v) is 8.26. The fourth-order valence-electron chi connectivity index (χ4n) is 2.97. The highest BCUT2D eigenvalue weighted by Gasteiger charge is 2.15. The summed E-state index contributed by atoms with van der Waals surface area (Å²) in [4.78, 5) is 15.3. The van der Waals surface area contributed by atoms with Crippen molar-refractivity contribution >= 4 is 20.9 Å². The number of benzene rings is 2. The zero-order valence-corrected chi connectivity index (χ0v) is 16.3. The number of aromatic nitrogens is 1. The van der Waals surface area contributed by atoms with Gasteiger partial charge in [-0.05, 0) is 67.1 Å². The fraction of sp³-hybridized carbons (Fsp3) is 0.250. The van der Waals surface area contributed by atoms with E-state index in [4.69, 9.17) is 4.74 Å². The lowest BCUT2D eigenvalue weighted by molar-refractivity contribution is 0.411. The first kappa shape index (κ1) is 19.1. The van der Waals surface area contributed by atoms with Gasteiger partial charge in [0.25, 0.3) is 5.56 Å². The minimum atomic E-state index is -3.66. The number of H-pyrrole nitrogens is 1. The number of nitrogens with one attached hydrogen (secondary N) is 2. The summed E-state index contributed by atoms with van der Waals surface area (Å²) in [5, 5.41) is 0.920. The molecular formula is C20H22N2O4S. The average molecular weight is 386 g/mol. The molecule has 0 aliphatic heterocycles. The van der Waals surface area contributed by atoms with Crippen LogP contribution in [0.2, 0.25) is 0 Å². The van der Waals surface area contributed by atoms with Gasteiger partial charge in [0, 0.05) is 17.6 Å². The van der Waals surface area contributed by atoms with Crippen LogP contribution in [0, 0.1) is 13.8 Å². The molecule has 27 heavy (non-hydrogen) atoms. The molecule has 142 valence electrons. The number of ether oxygens (including phenoxy) is 1. The van der Waals surface area contributed by atoms with E-state index >= 15 is 0 Å². The monoisotopic (exact) mass is 386 g/mol. The predicted octanol–water partition coefficient (Wildman–Crippen LogP) is 2.67. The molecule has 0 fully saturated rings. The van der Waals surface area contributed by atoms with Crippen LogP contribution < -0.4 is 15.0 Å². The third kappa shape index (κ3) is 4.20. The van der Waals surface area contributed by atoms with E-state index in [1.807, 2.05) is 25.1 Å². The number of aryl methyl sites for hydroxylation is 2. The van der Waals surface area contributed by atoms with Gasteiger partial charge in [0.2, 0.25) is 10.0 Å². The first-order valence-corrected chi connectivity index (χ1v) is 10.1. The van der Waals surface area contributed by atoms with Gasteiger partial charge in [0.05, 0.1) is 12.0 Å². The van der Waals surface area contributed by atoms with E-state index in [1.165, 1.54) is 13.2 Å². The molecule has 0 amide bonds. The molecule has 0 saturated heterocycles. The zero-order valence-electron chi connectivity index (χ0n) is 15.5. The van der Waals surface area contributed by atoms with Crippen molar-refractivity contribution in [2.75, 3.05) is 13.7 Å². The second kappa shape index (κ2) is 7.54. The molecule has 0 aliphatic rings. The van der Waals surface area contributed by atoms with Crippen molar-refractivity contribution < 1.29 is 13.2 Å². The summed E-state index contributed by atoms with van der Waals surface area (Å²) in [7, 11) is -2.12. The molecule has 3 aromatic rings. The highest BCUT2D eigenvalue weighted by atomic mass is 32.2. The number of fused-ring (bicyclic) bond motifs is 1. The van der Waals surface area contributed by atoms with Crippen LogP contribution in [-0.4, -0.2) is 27.1 Å². The molecule has 0 bridgehead atoms. The van der Waals surface area contributed by atoms with E-state index < -0.39 is 10.0 Å². The standard InChI is InChI=1S/C20H22N2O4S/c1-13-4-5-15-12-16(20(23)22-18(15)10-13)8-9-21-27(24,25)17-6-7-19(26-3)14(2)11-17/h4-7,10-12,21H,8-9H2,1-3H3,(H,22,23). The Morgan fingerprint density at radius 2 is 1.85 bits per heavy atom. The van der Waals surface area contributed by atoms with Gasteiger partial charge in [-0.3, -0.25) is 4.79 Å². The van der Waals surface area contributed by atoms with Crippen LogP contribution >= 0.6 is 0 Å². The summed E-state index contributed by atoms with van der Waals surface area (Å²) in [6.07, 6.45) is 0.299. The fourth-order valence-corrected chi connectivity index (χ4v) is 4.08. The van der Waals surface area contributed by atoms with Crippen LogP contribution in [0.15, 0.2) is 52.2 Å². The molecule has 0 spiro atoms. The molecular weight excluding hydrogens is 364 g/mol. The number of aromatic amines is 1. The van der Waals surface area contributed by atoms with Gasteiger partial charge in [0.1, 0.15) is 5.75 Å². The molecule has 0 saturated carbocycles. The van der Waals surface area contributed by atoms with Crippen molar-refractivity contribution in [1.29, 1.82) is 0 Å². The molecule has 0 aliphatic carbocycles. The third-order valence-corrected chi connectivity index (χ3v) is 5.90. The summed E-state index contributed by atoms with van der Waals surface area (Å²) in [6.45, 7) is 3.88. The molecule has 7 heteroatoms. The minimum Gasteiger partial charge on any atom is -0.496 e.